The van der Waals surface area contributed by atoms with E-state index in [0.717, 1.165) is 0 Å². The minimum Gasteiger partial charge on any atom is -0.453 e. The smallest absolute Gasteiger partial charge is 0.338 e. The van der Waals surface area contributed by atoms with Crippen LogP contribution in [-0.4, -0.2) is 73.9 Å². The fraction of sp³-hybridized carbons (Fsp3) is 0.739. The molecule has 4 N–H and O–H groups in total. The number of rotatable bonds is 4. The molecule has 31 heavy (non-hydrogen) atoms. The molecule has 3 aliphatic rings. The summed E-state index contributed by atoms with van der Waals surface area (Å²) in [5.41, 5.74) is -6.46. The Kier molecular flexibility index (Phi) is 5.60. The standard InChI is InChI=1S/C23H34O8/c1-7-20(4)11-16(27)23(29)21(5)14(19(2,3)9-8-15(21)26)10-17(22(23,6)31-20)30-18(28)13(25)12-24/h7,10,13,15,17,24-26,29H,1,8-9,11-12H2,2-6H3/t13-,15+,17+,20+,21-,22-,23+/m1/s1. The van der Waals surface area contributed by atoms with E-state index in [2.05, 4.69) is 6.58 Å². The van der Waals surface area contributed by atoms with Crippen LogP contribution in [0.5, 0.6) is 0 Å². The van der Waals surface area contributed by atoms with Crippen LogP contribution in [0.2, 0.25) is 0 Å². The maximum Gasteiger partial charge on any atom is 0.338 e. The number of hydrogen-bond donors (Lipinski definition) is 4. The minimum atomic E-state index is -2.22. The molecule has 174 valence electrons. The lowest BCUT2D eigenvalue weighted by molar-refractivity contribution is -0.306. The molecule has 7 atom stereocenters. The monoisotopic (exact) mass is 438 g/mol. The quantitative estimate of drug-likeness (QED) is 0.374. The van der Waals surface area contributed by atoms with E-state index in [-0.39, 0.29) is 6.42 Å². The van der Waals surface area contributed by atoms with Gasteiger partial charge in [-0.2, -0.15) is 0 Å². The number of ether oxygens (including phenoxy) is 2. The maximum atomic E-state index is 13.6. The Balaban J connectivity index is 2.29. The summed E-state index contributed by atoms with van der Waals surface area (Å²) in [4.78, 5) is 26.0. The zero-order chi connectivity index (χ0) is 23.6. The zero-order valence-electron chi connectivity index (χ0n) is 18.8. The minimum absolute atomic E-state index is 0.168. The second kappa shape index (κ2) is 7.22. The number of aliphatic hydroxyl groups excluding tert-OH is 3. The lowest BCUT2D eigenvalue weighted by Gasteiger charge is -2.66. The molecule has 0 bridgehead atoms. The summed E-state index contributed by atoms with van der Waals surface area (Å²) in [5, 5.41) is 42.2. The van der Waals surface area contributed by atoms with E-state index in [1.807, 2.05) is 13.8 Å². The average molecular weight is 439 g/mol. The van der Waals surface area contributed by atoms with Gasteiger partial charge in [0.05, 0.1) is 23.7 Å². The summed E-state index contributed by atoms with van der Waals surface area (Å²) in [6.07, 6.45) is -0.183. The summed E-state index contributed by atoms with van der Waals surface area (Å²) in [5.74, 6) is -1.65. The predicted molar refractivity (Wildman–Crippen MR) is 111 cm³/mol. The molecular formula is C23H34O8. The third kappa shape index (κ3) is 3.07. The van der Waals surface area contributed by atoms with E-state index in [1.165, 1.54) is 13.0 Å². The van der Waals surface area contributed by atoms with Crippen LogP contribution < -0.4 is 0 Å². The Labute approximate surface area is 182 Å². The number of ketones is 1. The van der Waals surface area contributed by atoms with E-state index in [0.29, 0.717) is 18.4 Å². The Morgan fingerprint density at radius 3 is 2.52 bits per heavy atom. The number of Topliss-reactive ketones (excluding diaryl/α,β-unsaturated/α-hetero) is 1. The molecule has 0 aromatic rings. The molecule has 0 aromatic carbocycles. The van der Waals surface area contributed by atoms with Gasteiger partial charge in [0, 0.05) is 6.42 Å². The van der Waals surface area contributed by atoms with Gasteiger partial charge >= 0.3 is 5.97 Å². The van der Waals surface area contributed by atoms with Crippen molar-refractivity contribution in [2.24, 2.45) is 10.8 Å². The highest BCUT2D eigenvalue weighted by Gasteiger charge is 2.76. The molecule has 1 heterocycles. The Morgan fingerprint density at radius 1 is 1.35 bits per heavy atom. The van der Waals surface area contributed by atoms with Crippen LogP contribution in [0.25, 0.3) is 0 Å². The molecular weight excluding hydrogens is 404 g/mol. The van der Waals surface area contributed by atoms with Gasteiger partial charge in [0.15, 0.2) is 23.6 Å². The second-order valence-corrected chi connectivity index (χ2v) is 10.3. The lowest BCUT2D eigenvalue weighted by Crippen LogP contribution is -2.81. The van der Waals surface area contributed by atoms with Crippen LogP contribution in [0, 0.1) is 10.8 Å². The first-order valence-electron chi connectivity index (χ1n) is 10.6. The SMILES string of the molecule is C=C[C@@]1(C)CC(=O)[C@@]2(O)[C@](C)(O1)[C@@H](OC(=O)[C@H](O)CO)C=C1C(C)(C)CC[C@H](O)[C@@]12C. The summed E-state index contributed by atoms with van der Waals surface area (Å²) < 4.78 is 11.8. The highest BCUT2D eigenvalue weighted by molar-refractivity contribution is 5.93. The summed E-state index contributed by atoms with van der Waals surface area (Å²) in [6.45, 7) is 11.6. The van der Waals surface area contributed by atoms with Crippen LogP contribution >= 0.6 is 0 Å². The van der Waals surface area contributed by atoms with Crippen LogP contribution in [0.3, 0.4) is 0 Å². The van der Waals surface area contributed by atoms with Crippen molar-refractivity contribution in [3.05, 3.63) is 24.3 Å². The molecule has 3 rings (SSSR count). The van der Waals surface area contributed by atoms with Gasteiger partial charge in [0.25, 0.3) is 0 Å². The molecule has 8 heteroatoms. The topological polar surface area (TPSA) is 134 Å². The molecule has 0 radical (unpaired) electrons. The third-order valence-electron chi connectivity index (χ3n) is 7.81. The van der Waals surface area contributed by atoms with Gasteiger partial charge in [0.2, 0.25) is 0 Å². The largest absolute Gasteiger partial charge is 0.453 e. The van der Waals surface area contributed by atoms with Gasteiger partial charge in [0.1, 0.15) is 5.60 Å². The molecule has 1 aliphatic heterocycles. The molecule has 1 saturated heterocycles. The number of esters is 1. The first kappa shape index (κ1) is 24.1. The van der Waals surface area contributed by atoms with Crippen LogP contribution in [0.1, 0.15) is 53.9 Å². The van der Waals surface area contributed by atoms with E-state index in [4.69, 9.17) is 14.6 Å². The fourth-order valence-electron chi connectivity index (χ4n) is 5.87. The summed E-state index contributed by atoms with van der Waals surface area (Å²) >= 11 is 0. The van der Waals surface area contributed by atoms with Crippen molar-refractivity contribution < 1.29 is 39.5 Å². The fourth-order valence-corrected chi connectivity index (χ4v) is 5.87. The van der Waals surface area contributed by atoms with Gasteiger partial charge in [-0.25, -0.2) is 4.79 Å². The summed E-state index contributed by atoms with van der Waals surface area (Å²) in [6, 6.07) is 0. The van der Waals surface area contributed by atoms with Crippen molar-refractivity contribution in [1.29, 1.82) is 0 Å². The highest BCUT2D eigenvalue weighted by atomic mass is 16.6. The van der Waals surface area contributed by atoms with Crippen molar-refractivity contribution in [3.8, 4) is 0 Å². The van der Waals surface area contributed by atoms with E-state index >= 15 is 0 Å². The van der Waals surface area contributed by atoms with Crippen molar-refractivity contribution in [1.82, 2.24) is 0 Å². The van der Waals surface area contributed by atoms with Crippen molar-refractivity contribution in [2.45, 2.75) is 89.0 Å². The Bertz CT molecular complexity index is 833. The van der Waals surface area contributed by atoms with Crippen molar-refractivity contribution >= 4 is 11.8 Å². The normalized spacial score (nSPS) is 45.1. The van der Waals surface area contributed by atoms with Gasteiger partial charge in [-0.1, -0.05) is 25.5 Å². The van der Waals surface area contributed by atoms with Gasteiger partial charge in [-0.3, -0.25) is 4.79 Å². The molecule has 0 unspecified atom stereocenters. The Morgan fingerprint density at radius 2 is 1.97 bits per heavy atom. The molecule has 1 saturated carbocycles. The number of hydrogen-bond acceptors (Lipinski definition) is 8. The van der Waals surface area contributed by atoms with E-state index in [9.17, 15) is 24.9 Å². The van der Waals surface area contributed by atoms with Crippen LogP contribution in [0.4, 0.5) is 0 Å². The average Bonchev–Trinajstić information content (AvgIpc) is 2.69. The number of carbonyl (C=O) groups excluding carboxylic acids is 2. The lowest BCUT2D eigenvalue weighted by atomic mass is 9.44. The molecule has 8 nitrogen and oxygen atoms in total. The van der Waals surface area contributed by atoms with Crippen LogP contribution in [0.15, 0.2) is 24.3 Å². The predicted octanol–water partition coefficient (Wildman–Crippen LogP) is 0.802. The van der Waals surface area contributed by atoms with Gasteiger partial charge < -0.3 is 29.9 Å². The summed E-state index contributed by atoms with van der Waals surface area (Å²) in [7, 11) is 0. The van der Waals surface area contributed by atoms with Crippen molar-refractivity contribution in [2.75, 3.05) is 6.61 Å². The van der Waals surface area contributed by atoms with Crippen LogP contribution in [-0.2, 0) is 19.1 Å². The van der Waals surface area contributed by atoms with Gasteiger partial charge in [-0.05, 0) is 45.1 Å². The van der Waals surface area contributed by atoms with E-state index in [1.54, 1.807) is 19.9 Å². The molecule has 0 amide bonds. The molecule has 2 fully saturated rings. The van der Waals surface area contributed by atoms with Gasteiger partial charge in [-0.15, -0.1) is 6.58 Å². The third-order valence-corrected chi connectivity index (χ3v) is 7.81. The Hall–Kier alpha value is -1.58. The first-order valence-corrected chi connectivity index (χ1v) is 10.6. The molecule has 2 aliphatic carbocycles. The highest BCUT2D eigenvalue weighted by Crippen LogP contribution is 2.64. The first-order chi connectivity index (χ1) is 14.1. The second-order valence-electron chi connectivity index (χ2n) is 10.3. The molecule has 0 spiro atoms. The van der Waals surface area contributed by atoms with E-state index < -0.39 is 64.3 Å². The number of fused-ring (bicyclic) bond motifs is 3. The maximum absolute atomic E-state index is 13.6. The number of carbonyl (C=O) groups is 2. The van der Waals surface area contributed by atoms with Crippen molar-refractivity contribution in [3.63, 3.8) is 0 Å². The number of aliphatic hydroxyl groups is 4. The molecule has 0 aromatic heterocycles. The zero-order valence-corrected chi connectivity index (χ0v) is 18.8.